The van der Waals surface area contributed by atoms with Gasteiger partial charge < -0.3 is 4.74 Å². The molecule has 0 spiro atoms. The third-order valence-corrected chi connectivity index (χ3v) is 2.73. The highest BCUT2D eigenvalue weighted by Crippen LogP contribution is 2.23. The minimum atomic E-state index is -0.810. The van der Waals surface area contributed by atoms with Gasteiger partial charge in [0.25, 0.3) is 0 Å². The number of amides is 1. The Bertz CT molecular complexity index is 245. The Morgan fingerprint density at radius 1 is 1.44 bits per heavy atom. The predicted octanol–water partition coefficient (Wildman–Crippen LogP) is 1.90. The molecule has 0 saturated carbocycles. The fourth-order valence-electron chi connectivity index (χ4n) is 1.99. The maximum atomic E-state index is 13.0. The van der Waals surface area contributed by atoms with Crippen molar-refractivity contribution >= 4 is 6.09 Å². The molecule has 0 aromatic heterocycles. The van der Waals surface area contributed by atoms with Crippen LogP contribution in [0.1, 0.15) is 33.6 Å². The van der Waals surface area contributed by atoms with Gasteiger partial charge in [0.05, 0.1) is 13.3 Å². The van der Waals surface area contributed by atoms with Gasteiger partial charge in [-0.15, -0.1) is 0 Å². The molecule has 1 N–H and O–H groups in total. The molecule has 94 valence electrons. The summed E-state index contributed by atoms with van der Waals surface area (Å²) < 4.78 is 17.8. The molecule has 1 saturated heterocycles. The summed E-state index contributed by atoms with van der Waals surface area (Å²) in [7, 11) is 1.36. The van der Waals surface area contributed by atoms with Gasteiger partial charge in [-0.05, 0) is 33.6 Å². The average molecular weight is 232 g/mol. The third kappa shape index (κ3) is 3.07. The SMILES string of the molecule is COC(=O)N(C1CCC(F)CN1)C(C)(C)C. The van der Waals surface area contributed by atoms with Crippen LogP contribution in [0.25, 0.3) is 0 Å². The molecule has 2 atom stereocenters. The van der Waals surface area contributed by atoms with E-state index in [0.29, 0.717) is 19.4 Å². The van der Waals surface area contributed by atoms with Crippen molar-refractivity contribution in [1.82, 2.24) is 10.2 Å². The number of nitrogens with one attached hydrogen (secondary N) is 1. The smallest absolute Gasteiger partial charge is 0.411 e. The minimum absolute atomic E-state index is 0.139. The summed E-state index contributed by atoms with van der Waals surface area (Å²) in [6, 6.07) is 0. The summed E-state index contributed by atoms with van der Waals surface area (Å²) in [5.74, 6) is 0. The Morgan fingerprint density at radius 3 is 2.44 bits per heavy atom. The van der Waals surface area contributed by atoms with Crippen molar-refractivity contribution in [3.05, 3.63) is 0 Å². The van der Waals surface area contributed by atoms with Crippen LogP contribution >= 0.6 is 0 Å². The molecule has 2 unspecified atom stereocenters. The number of hydrogen-bond acceptors (Lipinski definition) is 3. The molecule has 1 amide bonds. The number of piperidine rings is 1. The summed E-state index contributed by atoms with van der Waals surface area (Å²) in [4.78, 5) is 13.3. The van der Waals surface area contributed by atoms with E-state index in [1.54, 1.807) is 4.90 Å². The first-order valence-corrected chi connectivity index (χ1v) is 5.61. The maximum absolute atomic E-state index is 13.0. The molecule has 16 heavy (non-hydrogen) atoms. The Kier molecular flexibility index (Phi) is 4.13. The number of rotatable bonds is 1. The first kappa shape index (κ1) is 13.2. The van der Waals surface area contributed by atoms with Crippen molar-refractivity contribution < 1.29 is 13.9 Å². The minimum Gasteiger partial charge on any atom is -0.453 e. The predicted molar refractivity (Wildman–Crippen MR) is 59.9 cm³/mol. The fraction of sp³-hybridized carbons (Fsp3) is 0.909. The molecular weight excluding hydrogens is 211 g/mol. The van der Waals surface area contributed by atoms with E-state index in [9.17, 15) is 9.18 Å². The zero-order valence-corrected chi connectivity index (χ0v) is 10.4. The quantitative estimate of drug-likeness (QED) is 0.750. The molecule has 0 bridgehead atoms. The van der Waals surface area contributed by atoms with Crippen LogP contribution < -0.4 is 5.32 Å². The molecule has 5 heteroatoms. The van der Waals surface area contributed by atoms with Crippen LogP contribution in [-0.2, 0) is 4.74 Å². The van der Waals surface area contributed by atoms with Crippen LogP contribution in [-0.4, -0.2) is 42.5 Å². The lowest BCUT2D eigenvalue weighted by molar-refractivity contribution is 0.0280. The van der Waals surface area contributed by atoms with Gasteiger partial charge in [0.2, 0.25) is 0 Å². The van der Waals surface area contributed by atoms with Crippen molar-refractivity contribution in [3.63, 3.8) is 0 Å². The number of ether oxygens (including phenoxy) is 1. The van der Waals surface area contributed by atoms with Crippen molar-refractivity contribution in [1.29, 1.82) is 0 Å². The van der Waals surface area contributed by atoms with E-state index in [2.05, 4.69) is 5.32 Å². The molecule has 0 aromatic rings. The van der Waals surface area contributed by atoms with Crippen LogP contribution in [0.3, 0.4) is 0 Å². The molecule has 1 aliphatic rings. The van der Waals surface area contributed by atoms with Crippen molar-refractivity contribution in [2.24, 2.45) is 0 Å². The number of halogens is 1. The van der Waals surface area contributed by atoms with Crippen LogP contribution in [0.15, 0.2) is 0 Å². The van der Waals surface area contributed by atoms with E-state index in [1.807, 2.05) is 20.8 Å². The Labute approximate surface area is 96.1 Å². The molecule has 1 fully saturated rings. The highest BCUT2D eigenvalue weighted by atomic mass is 19.1. The molecule has 1 aliphatic heterocycles. The third-order valence-electron chi connectivity index (χ3n) is 2.73. The van der Waals surface area contributed by atoms with Crippen molar-refractivity contribution in [2.45, 2.75) is 51.5 Å². The highest BCUT2D eigenvalue weighted by molar-refractivity contribution is 5.68. The highest BCUT2D eigenvalue weighted by Gasteiger charge is 2.36. The van der Waals surface area contributed by atoms with E-state index in [1.165, 1.54) is 7.11 Å². The Hall–Kier alpha value is -0.840. The van der Waals surface area contributed by atoms with Crippen molar-refractivity contribution in [2.75, 3.05) is 13.7 Å². The van der Waals surface area contributed by atoms with Gasteiger partial charge in [-0.25, -0.2) is 9.18 Å². The second-order valence-corrected chi connectivity index (χ2v) is 5.11. The molecule has 0 aromatic carbocycles. The summed E-state index contributed by atoms with van der Waals surface area (Å²) >= 11 is 0. The fourth-order valence-corrected chi connectivity index (χ4v) is 1.99. The molecule has 4 nitrogen and oxygen atoms in total. The molecule has 0 aliphatic carbocycles. The number of methoxy groups -OCH3 is 1. The second-order valence-electron chi connectivity index (χ2n) is 5.11. The van der Waals surface area contributed by atoms with Crippen molar-refractivity contribution in [3.8, 4) is 0 Å². The monoisotopic (exact) mass is 232 g/mol. The van der Waals surface area contributed by atoms with E-state index in [0.717, 1.165) is 0 Å². The number of nitrogens with zero attached hydrogens (tertiary/aromatic N) is 1. The van der Waals surface area contributed by atoms with Gasteiger partial charge >= 0.3 is 6.09 Å². The lowest BCUT2D eigenvalue weighted by Gasteiger charge is -2.42. The van der Waals surface area contributed by atoms with E-state index in [-0.39, 0.29) is 17.8 Å². The van der Waals surface area contributed by atoms with Crippen LogP contribution in [0.5, 0.6) is 0 Å². The molecular formula is C11H21FN2O2. The summed E-state index contributed by atoms with van der Waals surface area (Å²) in [6.07, 6.45) is -0.216. The number of hydrogen-bond donors (Lipinski definition) is 1. The van der Waals surface area contributed by atoms with Crippen LogP contribution in [0.4, 0.5) is 9.18 Å². The zero-order chi connectivity index (χ0) is 12.3. The van der Waals surface area contributed by atoms with E-state index < -0.39 is 6.17 Å². The molecule has 0 radical (unpaired) electrons. The van der Waals surface area contributed by atoms with Gasteiger partial charge in [-0.1, -0.05) is 0 Å². The Balaban J connectivity index is 2.74. The number of carbonyl (C=O) groups is 1. The first-order chi connectivity index (χ1) is 7.36. The lowest BCUT2D eigenvalue weighted by atomic mass is 10.0. The van der Waals surface area contributed by atoms with Crippen LogP contribution in [0, 0.1) is 0 Å². The summed E-state index contributed by atoms with van der Waals surface area (Å²) in [5, 5.41) is 3.04. The summed E-state index contributed by atoms with van der Waals surface area (Å²) in [6.45, 7) is 6.11. The number of alkyl halides is 1. The Morgan fingerprint density at radius 2 is 2.06 bits per heavy atom. The largest absolute Gasteiger partial charge is 0.453 e. The van der Waals surface area contributed by atoms with Gasteiger partial charge in [0.15, 0.2) is 0 Å². The molecule has 1 rings (SSSR count). The van der Waals surface area contributed by atoms with E-state index >= 15 is 0 Å². The van der Waals surface area contributed by atoms with Gasteiger partial charge in [0, 0.05) is 12.1 Å². The average Bonchev–Trinajstić information content (AvgIpc) is 2.19. The van der Waals surface area contributed by atoms with Gasteiger partial charge in [-0.2, -0.15) is 0 Å². The normalized spacial score (nSPS) is 26.3. The van der Waals surface area contributed by atoms with Gasteiger partial charge in [-0.3, -0.25) is 10.2 Å². The number of carbonyl (C=O) groups excluding carboxylic acids is 1. The standard InChI is InChI=1S/C11H21FN2O2/c1-11(2,3)14(10(15)16-4)9-6-5-8(12)7-13-9/h8-9,13H,5-7H2,1-4H3. The van der Waals surface area contributed by atoms with E-state index in [4.69, 9.17) is 4.74 Å². The first-order valence-electron chi connectivity index (χ1n) is 5.61. The summed E-state index contributed by atoms with van der Waals surface area (Å²) in [5.41, 5.74) is -0.339. The lowest BCUT2D eigenvalue weighted by Crippen LogP contribution is -2.59. The van der Waals surface area contributed by atoms with Gasteiger partial charge in [0.1, 0.15) is 6.17 Å². The maximum Gasteiger partial charge on any atom is 0.411 e. The second kappa shape index (κ2) is 4.99. The molecule has 1 heterocycles. The van der Waals surface area contributed by atoms with Crippen LogP contribution in [0.2, 0.25) is 0 Å². The zero-order valence-electron chi connectivity index (χ0n) is 10.4. The topological polar surface area (TPSA) is 41.6 Å².